The van der Waals surface area contributed by atoms with Crippen LogP contribution in [0.5, 0.6) is 0 Å². The molecule has 6 nitrogen and oxygen atoms in total. The topological polar surface area (TPSA) is 73.8 Å². The Morgan fingerprint density at radius 2 is 1.91 bits per heavy atom. The van der Waals surface area contributed by atoms with E-state index in [9.17, 15) is 4.79 Å². The average Bonchev–Trinajstić information content (AvgIpc) is 3.37. The van der Waals surface area contributed by atoms with E-state index in [1.165, 1.54) is 23.1 Å². The second-order valence-corrected chi connectivity index (χ2v) is 10.1. The van der Waals surface area contributed by atoms with Gasteiger partial charge in [0.2, 0.25) is 11.8 Å². The minimum atomic E-state index is -0.0765. The van der Waals surface area contributed by atoms with Gasteiger partial charge in [-0.05, 0) is 30.2 Å². The number of thiophene rings is 1. The predicted molar refractivity (Wildman–Crippen MR) is 133 cm³/mol. The molecule has 0 spiro atoms. The summed E-state index contributed by atoms with van der Waals surface area (Å²) in [5.41, 5.74) is 2.75. The smallest absolute Gasteiger partial charge is 0.263 e. The monoisotopic (exact) mass is 494 g/mol. The van der Waals surface area contributed by atoms with Crippen molar-refractivity contribution in [3.8, 4) is 11.1 Å². The van der Waals surface area contributed by atoms with Crippen LogP contribution in [-0.2, 0) is 12.3 Å². The van der Waals surface area contributed by atoms with Crippen molar-refractivity contribution in [1.29, 1.82) is 0 Å². The highest BCUT2D eigenvalue weighted by Gasteiger charge is 2.21. The summed E-state index contributed by atoms with van der Waals surface area (Å²) in [6.45, 7) is 4.18. The summed E-state index contributed by atoms with van der Waals surface area (Å²) in [6, 6.07) is 17.5. The van der Waals surface area contributed by atoms with Crippen molar-refractivity contribution in [3.63, 3.8) is 0 Å². The first-order chi connectivity index (χ1) is 16.0. The number of aryl methyl sites for hydroxylation is 2. The number of hydrogen-bond acceptors (Lipinski definition) is 7. The van der Waals surface area contributed by atoms with Gasteiger partial charge in [0.15, 0.2) is 5.16 Å². The Bertz CT molecular complexity index is 1510. The van der Waals surface area contributed by atoms with Crippen molar-refractivity contribution in [2.24, 2.45) is 0 Å². The molecule has 0 radical (unpaired) electrons. The maximum atomic E-state index is 13.9. The highest BCUT2D eigenvalue weighted by molar-refractivity contribution is 7.98. The van der Waals surface area contributed by atoms with Gasteiger partial charge in [-0.3, -0.25) is 9.36 Å². The lowest BCUT2D eigenvalue weighted by molar-refractivity contribution is 0.485. The van der Waals surface area contributed by atoms with Crippen molar-refractivity contribution in [2.75, 3.05) is 0 Å². The van der Waals surface area contributed by atoms with Crippen molar-refractivity contribution >= 4 is 44.9 Å². The van der Waals surface area contributed by atoms with Gasteiger partial charge in [-0.15, -0.1) is 21.5 Å². The molecule has 0 fully saturated rings. The van der Waals surface area contributed by atoms with Gasteiger partial charge in [-0.25, -0.2) is 4.98 Å². The fourth-order valence-electron chi connectivity index (χ4n) is 3.71. The molecule has 0 saturated heterocycles. The second-order valence-electron chi connectivity index (χ2n) is 7.50. The van der Waals surface area contributed by atoms with Crippen molar-refractivity contribution in [2.45, 2.75) is 31.3 Å². The molecule has 3 heterocycles. The lowest BCUT2D eigenvalue weighted by atomic mass is 10.0. The standard InChI is InChI=1S/C24H19ClN4O2S2/c1-14-20(17-9-6-10-18(25)11-17)21-22(33-14)26-24(32-13-19-28-27-15(2)31-19)29(23(21)30)12-16-7-4-3-5-8-16/h3-11H,12-13H2,1-2H3. The molecule has 0 aliphatic heterocycles. The highest BCUT2D eigenvalue weighted by atomic mass is 35.5. The lowest BCUT2D eigenvalue weighted by Crippen LogP contribution is -2.23. The molecule has 33 heavy (non-hydrogen) atoms. The van der Waals surface area contributed by atoms with Crippen LogP contribution < -0.4 is 5.56 Å². The van der Waals surface area contributed by atoms with Gasteiger partial charge in [0, 0.05) is 22.4 Å². The fourth-order valence-corrected chi connectivity index (χ4v) is 5.82. The minimum Gasteiger partial charge on any atom is -0.425 e. The van der Waals surface area contributed by atoms with Gasteiger partial charge in [-0.1, -0.05) is 65.8 Å². The van der Waals surface area contributed by atoms with Crippen LogP contribution in [0.4, 0.5) is 0 Å². The SMILES string of the molecule is Cc1nnc(CSc2nc3sc(C)c(-c4cccc(Cl)c4)c3c(=O)n2Cc2ccccc2)o1. The summed E-state index contributed by atoms with van der Waals surface area (Å²) in [5.74, 6) is 1.44. The fraction of sp³-hybridized carbons (Fsp3) is 0.167. The van der Waals surface area contributed by atoms with Gasteiger partial charge in [0.25, 0.3) is 5.56 Å². The van der Waals surface area contributed by atoms with Crippen LogP contribution in [0.3, 0.4) is 0 Å². The third kappa shape index (κ3) is 4.46. The second kappa shape index (κ2) is 9.13. The van der Waals surface area contributed by atoms with E-state index in [0.717, 1.165) is 21.6 Å². The number of halogens is 1. The van der Waals surface area contributed by atoms with Gasteiger partial charge in [0.1, 0.15) is 4.83 Å². The molecule has 5 rings (SSSR count). The Labute approximate surface area is 203 Å². The number of aromatic nitrogens is 4. The largest absolute Gasteiger partial charge is 0.425 e. The molecule has 3 aromatic heterocycles. The van der Waals surface area contributed by atoms with Crippen molar-refractivity contribution in [3.05, 3.63) is 92.2 Å². The Kier molecular flexibility index (Phi) is 6.05. The summed E-state index contributed by atoms with van der Waals surface area (Å²) < 4.78 is 7.23. The minimum absolute atomic E-state index is 0.0765. The summed E-state index contributed by atoms with van der Waals surface area (Å²) >= 11 is 9.18. The van der Waals surface area contributed by atoms with E-state index >= 15 is 0 Å². The van der Waals surface area contributed by atoms with E-state index in [4.69, 9.17) is 21.0 Å². The Morgan fingerprint density at radius 3 is 2.64 bits per heavy atom. The molecule has 9 heteroatoms. The van der Waals surface area contributed by atoms with Crippen molar-refractivity contribution in [1.82, 2.24) is 19.7 Å². The zero-order chi connectivity index (χ0) is 22.9. The molecule has 0 saturated carbocycles. The highest BCUT2D eigenvalue weighted by Crippen LogP contribution is 2.37. The first-order valence-corrected chi connectivity index (χ1v) is 12.4. The first-order valence-electron chi connectivity index (χ1n) is 10.2. The van der Waals surface area contributed by atoms with Crippen LogP contribution in [0, 0.1) is 13.8 Å². The summed E-state index contributed by atoms with van der Waals surface area (Å²) in [4.78, 5) is 20.5. The van der Waals surface area contributed by atoms with E-state index in [1.807, 2.05) is 61.5 Å². The Morgan fingerprint density at radius 1 is 1.09 bits per heavy atom. The van der Waals surface area contributed by atoms with E-state index in [-0.39, 0.29) is 5.56 Å². The summed E-state index contributed by atoms with van der Waals surface area (Å²) in [5, 5.41) is 9.81. The summed E-state index contributed by atoms with van der Waals surface area (Å²) in [6.07, 6.45) is 0. The van der Waals surface area contributed by atoms with Gasteiger partial charge < -0.3 is 4.42 Å². The molecule has 166 valence electrons. The van der Waals surface area contributed by atoms with Gasteiger partial charge in [-0.2, -0.15) is 0 Å². The van der Waals surface area contributed by atoms with E-state index in [0.29, 0.717) is 44.5 Å². The maximum Gasteiger partial charge on any atom is 0.263 e. The molecule has 0 amide bonds. The third-order valence-corrected chi connectivity index (χ3v) is 7.34. The molecule has 0 N–H and O–H groups in total. The molecule has 0 bridgehead atoms. The predicted octanol–water partition coefficient (Wildman–Crippen LogP) is 6.12. The quantitative estimate of drug-likeness (QED) is 0.209. The molecular formula is C24H19ClN4O2S2. The Hall–Kier alpha value is -2.94. The normalized spacial score (nSPS) is 11.4. The molecule has 2 aromatic carbocycles. The number of benzene rings is 2. The zero-order valence-corrected chi connectivity index (χ0v) is 20.3. The molecule has 0 aliphatic rings. The van der Waals surface area contributed by atoms with Gasteiger partial charge in [0.05, 0.1) is 17.7 Å². The van der Waals surface area contributed by atoms with E-state index < -0.39 is 0 Å². The number of rotatable bonds is 6. The van der Waals surface area contributed by atoms with Crippen LogP contribution in [0.1, 0.15) is 22.2 Å². The molecule has 5 aromatic rings. The van der Waals surface area contributed by atoms with Crippen LogP contribution in [-0.4, -0.2) is 19.7 Å². The first kappa shape index (κ1) is 21.9. The zero-order valence-electron chi connectivity index (χ0n) is 17.9. The van der Waals surface area contributed by atoms with Gasteiger partial charge >= 0.3 is 0 Å². The number of thioether (sulfide) groups is 1. The average molecular weight is 495 g/mol. The molecular weight excluding hydrogens is 476 g/mol. The van der Waals surface area contributed by atoms with Crippen molar-refractivity contribution < 1.29 is 4.42 Å². The molecule has 0 atom stereocenters. The molecule has 0 unspecified atom stereocenters. The van der Waals surface area contributed by atoms with E-state index in [1.54, 1.807) is 11.5 Å². The maximum absolute atomic E-state index is 13.9. The van der Waals surface area contributed by atoms with Crippen LogP contribution >= 0.6 is 34.7 Å². The number of fused-ring (bicyclic) bond motifs is 1. The van der Waals surface area contributed by atoms with Crippen LogP contribution in [0.25, 0.3) is 21.3 Å². The third-order valence-electron chi connectivity index (χ3n) is 5.14. The number of nitrogens with zero attached hydrogens (tertiary/aromatic N) is 4. The van der Waals surface area contributed by atoms with E-state index in [2.05, 4.69) is 10.2 Å². The number of hydrogen-bond donors (Lipinski definition) is 0. The summed E-state index contributed by atoms with van der Waals surface area (Å²) in [7, 11) is 0. The molecule has 0 aliphatic carbocycles. The Balaban J connectivity index is 1.67. The lowest BCUT2D eigenvalue weighted by Gasteiger charge is -2.12. The van der Waals surface area contributed by atoms with Crippen LogP contribution in [0.15, 0.2) is 69.0 Å². The van der Waals surface area contributed by atoms with Crippen LogP contribution in [0.2, 0.25) is 5.02 Å².